The smallest absolute Gasteiger partial charge is 0.142 e. The zero-order valence-electron chi connectivity index (χ0n) is 11.4. The first kappa shape index (κ1) is 14.2. The van der Waals surface area contributed by atoms with E-state index in [4.69, 9.17) is 15.6 Å². The van der Waals surface area contributed by atoms with Gasteiger partial charge in [0.15, 0.2) is 0 Å². The molecule has 4 nitrogen and oxygen atoms in total. The molecule has 0 saturated heterocycles. The van der Waals surface area contributed by atoms with Crippen molar-refractivity contribution in [1.29, 1.82) is 0 Å². The molecule has 106 valence electrons. The highest BCUT2D eigenvalue weighted by atomic mass is 16.5. The summed E-state index contributed by atoms with van der Waals surface area (Å²) in [6.45, 7) is 1.32. The zero-order valence-corrected chi connectivity index (χ0v) is 11.4. The normalized spacial score (nSPS) is 10.2. The molecular formula is C16H20N2O2. The van der Waals surface area contributed by atoms with Crippen LogP contribution < -0.4 is 15.8 Å². The number of aliphatic hydroxyl groups excluding tert-OH is 1. The van der Waals surface area contributed by atoms with Gasteiger partial charge in [-0.15, -0.1) is 0 Å². The van der Waals surface area contributed by atoms with E-state index in [0.29, 0.717) is 25.3 Å². The van der Waals surface area contributed by atoms with Gasteiger partial charge in [-0.2, -0.15) is 0 Å². The molecule has 0 unspecified atom stereocenters. The highest BCUT2D eigenvalue weighted by Gasteiger charge is 2.04. The van der Waals surface area contributed by atoms with Crippen molar-refractivity contribution < 1.29 is 9.84 Å². The molecule has 0 fully saturated rings. The van der Waals surface area contributed by atoms with Crippen molar-refractivity contribution in [2.24, 2.45) is 0 Å². The van der Waals surface area contributed by atoms with Gasteiger partial charge < -0.3 is 20.9 Å². The van der Waals surface area contributed by atoms with Gasteiger partial charge in [0.25, 0.3) is 0 Å². The predicted octanol–water partition coefficient (Wildman–Crippen LogP) is 2.64. The van der Waals surface area contributed by atoms with Gasteiger partial charge in [0.2, 0.25) is 0 Å². The fraction of sp³-hybridized carbons (Fsp3) is 0.250. The van der Waals surface area contributed by atoms with E-state index in [0.717, 1.165) is 11.4 Å². The van der Waals surface area contributed by atoms with E-state index in [-0.39, 0.29) is 6.61 Å². The summed E-state index contributed by atoms with van der Waals surface area (Å²) in [7, 11) is 0. The topological polar surface area (TPSA) is 67.5 Å². The minimum atomic E-state index is 0.127. The van der Waals surface area contributed by atoms with Crippen LogP contribution in [0.3, 0.4) is 0 Å². The minimum absolute atomic E-state index is 0.127. The lowest BCUT2D eigenvalue weighted by Crippen LogP contribution is -2.05. The van der Waals surface area contributed by atoms with Gasteiger partial charge in [-0.3, -0.25) is 0 Å². The van der Waals surface area contributed by atoms with Crippen LogP contribution in [0.4, 0.5) is 11.4 Å². The van der Waals surface area contributed by atoms with E-state index >= 15 is 0 Å². The second-order valence-corrected chi connectivity index (χ2v) is 4.52. The SMILES string of the molecule is Nc1ccc(OCCCO)c(NCc2ccccc2)c1. The number of aliphatic hydroxyl groups is 1. The van der Waals surface area contributed by atoms with Crippen molar-refractivity contribution in [3.05, 3.63) is 54.1 Å². The predicted molar refractivity (Wildman–Crippen MR) is 81.8 cm³/mol. The molecule has 0 aromatic heterocycles. The number of nitrogens with two attached hydrogens (primary N) is 1. The van der Waals surface area contributed by atoms with Gasteiger partial charge in [-0.25, -0.2) is 0 Å². The summed E-state index contributed by atoms with van der Waals surface area (Å²) in [5.74, 6) is 0.753. The summed E-state index contributed by atoms with van der Waals surface area (Å²) < 4.78 is 5.64. The van der Waals surface area contributed by atoms with Crippen LogP contribution in [0.5, 0.6) is 5.75 Å². The van der Waals surface area contributed by atoms with E-state index in [1.165, 1.54) is 5.56 Å². The van der Waals surface area contributed by atoms with Crippen molar-refractivity contribution in [3.8, 4) is 5.75 Å². The Bertz CT molecular complexity index is 529. The Balaban J connectivity index is 2.03. The molecule has 0 amide bonds. The molecule has 0 spiro atoms. The average molecular weight is 272 g/mol. The fourth-order valence-electron chi connectivity index (χ4n) is 1.85. The first-order valence-corrected chi connectivity index (χ1v) is 6.70. The van der Waals surface area contributed by atoms with Crippen molar-refractivity contribution in [1.82, 2.24) is 0 Å². The monoisotopic (exact) mass is 272 g/mol. The van der Waals surface area contributed by atoms with Crippen LogP contribution in [0.1, 0.15) is 12.0 Å². The maximum Gasteiger partial charge on any atom is 0.142 e. The van der Waals surface area contributed by atoms with Crippen LogP contribution in [-0.4, -0.2) is 18.3 Å². The second-order valence-electron chi connectivity index (χ2n) is 4.52. The standard InChI is InChI=1S/C16H20N2O2/c17-14-7-8-16(20-10-4-9-19)15(11-14)18-12-13-5-2-1-3-6-13/h1-3,5-8,11,18-19H,4,9-10,12,17H2. The summed E-state index contributed by atoms with van der Waals surface area (Å²) in [5, 5.41) is 12.1. The number of nitrogen functional groups attached to an aromatic ring is 1. The highest BCUT2D eigenvalue weighted by molar-refractivity contribution is 5.63. The molecule has 0 radical (unpaired) electrons. The summed E-state index contributed by atoms with van der Waals surface area (Å²) in [4.78, 5) is 0. The van der Waals surface area contributed by atoms with E-state index in [2.05, 4.69) is 17.4 Å². The van der Waals surface area contributed by atoms with Crippen molar-refractivity contribution in [2.45, 2.75) is 13.0 Å². The van der Waals surface area contributed by atoms with Gasteiger partial charge in [0, 0.05) is 25.3 Å². The molecule has 2 aromatic rings. The molecule has 2 aromatic carbocycles. The van der Waals surface area contributed by atoms with Crippen molar-refractivity contribution in [2.75, 3.05) is 24.3 Å². The van der Waals surface area contributed by atoms with Crippen LogP contribution in [0, 0.1) is 0 Å². The van der Waals surface area contributed by atoms with Crippen LogP contribution in [0.25, 0.3) is 0 Å². The lowest BCUT2D eigenvalue weighted by Gasteiger charge is -2.14. The summed E-state index contributed by atoms with van der Waals surface area (Å²) in [6, 6.07) is 15.6. The molecule has 0 aliphatic carbocycles. The number of anilines is 2. The lowest BCUT2D eigenvalue weighted by molar-refractivity contribution is 0.234. The Morgan fingerprint density at radius 2 is 1.90 bits per heavy atom. The van der Waals surface area contributed by atoms with Crippen molar-refractivity contribution in [3.63, 3.8) is 0 Å². The molecule has 2 rings (SSSR count). The van der Waals surface area contributed by atoms with Gasteiger partial charge in [0.1, 0.15) is 5.75 Å². The fourth-order valence-corrected chi connectivity index (χ4v) is 1.85. The number of ether oxygens (including phenoxy) is 1. The minimum Gasteiger partial charge on any atom is -0.491 e. The number of hydrogen-bond acceptors (Lipinski definition) is 4. The number of benzene rings is 2. The maximum atomic E-state index is 8.79. The largest absolute Gasteiger partial charge is 0.491 e. The van der Waals surface area contributed by atoms with Crippen LogP contribution >= 0.6 is 0 Å². The molecule has 0 saturated carbocycles. The molecule has 0 atom stereocenters. The first-order chi connectivity index (χ1) is 9.79. The Kier molecular flexibility index (Phi) is 5.26. The Morgan fingerprint density at radius 3 is 2.65 bits per heavy atom. The summed E-state index contributed by atoms with van der Waals surface area (Å²) >= 11 is 0. The molecule has 0 aliphatic heterocycles. The molecule has 0 heterocycles. The third kappa shape index (κ3) is 4.17. The van der Waals surface area contributed by atoms with E-state index < -0.39 is 0 Å². The Morgan fingerprint density at radius 1 is 1.10 bits per heavy atom. The van der Waals surface area contributed by atoms with Gasteiger partial charge in [-0.05, 0) is 23.8 Å². The van der Waals surface area contributed by atoms with E-state index in [1.807, 2.05) is 36.4 Å². The molecule has 0 aliphatic rings. The molecular weight excluding hydrogens is 252 g/mol. The first-order valence-electron chi connectivity index (χ1n) is 6.70. The van der Waals surface area contributed by atoms with Gasteiger partial charge >= 0.3 is 0 Å². The average Bonchev–Trinajstić information content (AvgIpc) is 2.48. The lowest BCUT2D eigenvalue weighted by atomic mass is 10.2. The molecule has 4 N–H and O–H groups in total. The number of nitrogens with one attached hydrogen (secondary N) is 1. The molecule has 4 heteroatoms. The third-order valence-corrected chi connectivity index (χ3v) is 2.89. The number of hydrogen-bond donors (Lipinski definition) is 3. The second kappa shape index (κ2) is 7.40. The third-order valence-electron chi connectivity index (χ3n) is 2.89. The van der Waals surface area contributed by atoms with Crippen LogP contribution in [-0.2, 0) is 6.54 Å². The Labute approximate surface area is 119 Å². The highest BCUT2D eigenvalue weighted by Crippen LogP contribution is 2.27. The summed E-state index contributed by atoms with van der Waals surface area (Å²) in [6.07, 6.45) is 0.614. The van der Waals surface area contributed by atoms with Gasteiger partial charge in [-0.1, -0.05) is 30.3 Å². The molecule has 0 bridgehead atoms. The Hall–Kier alpha value is -2.20. The maximum absolute atomic E-state index is 8.79. The zero-order chi connectivity index (χ0) is 14.2. The van der Waals surface area contributed by atoms with E-state index in [9.17, 15) is 0 Å². The molecule has 20 heavy (non-hydrogen) atoms. The number of rotatable bonds is 7. The quantitative estimate of drug-likeness (QED) is 0.535. The van der Waals surface area contributed by atoms with Crippen molar-refractivity contribution >= 4 is 11.4 Å². The van der Waals surface area contributed by atoms with Gasteiger partial charge in [0.05, 0.1) is 12.3 Å². The van der Waals surface area contributed by atoms with Crippen LogP contribution in [0.2, 0.25) is 0 Å². The summed E-state index contributed by atoms with van der Waals surface area (Å²) in [5.41, 5.74) is 8.56. The van der Waals surface area contributed by atoms with Crippen LogP contribution in [0.15, 0.2) is 48.5 Å². The van der Waals surface area contributed by atoms with E-state index in [1.54, 1.807) is 0 Å².